The standard InChI is InChI=1S/C31H38N2O5S/c34-20-23(19-21-11-4-1-5-12-21)33-27-29(36)32(22-13-6-2-7-14-22)17-10-16-31(27)26(28(33)35)25-24(39-31)15-8-3-9-18-38-30(25)37/h1,4-5,8,10-12,15-16,22-27,34H,2-3,6-7,9,13-14,17-20H2/b15-8-/t23-,24-,25+,26+,27?,31+/m1/s1. The van der Waals surface area contributed by atoms with Crippen LogP contribution in [0.2, 0.25) is 0 Å². The van der Waals surface area contributed by atoms with Gasteiger partial charge in [-0.05, 0) is 37.7 Å². The molecular formula is C31H38N2O5S. The topological polar surface area (TPSA) is 87.2 Å². The van der Waals surface area contributed by atoms with E-state index < -0.39 is 28.7 Å². The Kier molecular flexibility index (Phi) is 7.60. The van der Waals surface area contributed by atoms with Gasteiger partial charge >= 0.3 is 5.97 Å². The number of amides is 2. The average Bonchev–Trinajstić information content (AvgIpc) is 3.37. The van der Waals surface area contributed by atoms with Gasteiger partial charge in [-0.1, -0.05) is 73.9 Å². The molecule has 2 amide bonds. The van der Waals surface area contributed by atoms with Crippen LogP contribution in [0.5, 0.6) is 0 Å². The highest BCUT2D eigenvalue weighted by atomic mass is 32.2. The minimum atomic E-state index is -0.889. The number of esters is 1. The molecule has 0 aromatic heterocycles. The number of hydrogen-bond acceptors (Lipinski definition) is 6. The zero-order valence-electron chi connectivity index (χ0n) is 22.3. The summed E-state index contributed by atoms with van der Waals surface area (Å²) < 4.78 is 4.78. The van der Waals surface area contributed by atoms with Gasteiger partial charge in [-0.2, -0.15) is 0 Å². The van der Waals surface area contributed by atoms with Crippen LogP contribution in [0.25, 0.3) is 0 Å². The number of fused-ring (bicyclic) bond motifs is 2. The fourth-order valence-corrected chi connectivity index (χ4v) is 9.45. The van der Waals surface area contributed by atoms with Gasteiger partial charge in [-0.3, -0.25) is 14.4 Å². The number of cyclic esters (lactones) is 1. The second-order valence-electron chi connectivity index (χ2n) is 11.5. The highest BCUT2D eigenvalue weighted by Crippen LogP contribution is 2.61. The number of likely N-dealkylation sites (tertiary alicyclic amines) is 1. The maximum atomic E-state index is 14.6. The van der Waals surface area contributed by atoms with Crippen LogP contribution in [0.1, 0.15) is 50.5 Å². The SMILES string of the molecule is O=C1OCCC/C=C\[C@H]2S[C@]34C=CCN(C5CCCCC5)C(=O)C3N([C@@H](CO)Cc3ccccc3)C(=O)[C@@H]4[C@@H]12. The van der Waals surface area contributed by atoms with Crippen molar-refractivity contribution in [3.8, 4) is 0 Å². The van der Waals surface area contributed by atoms with Crippen molar-refractivity contribution in [3.63, 3.8) is 0 Å². The van der Waals surface area contributed by atoms with E-state index in [2.05, 4.69) is 24.3 Å². The second kappa shape index (κ2) is 11.1. The van der Waals surface area contributed by atoms with E-state index in [-0.39, 0.29) is 35.7 Å². The van der Waals surface area contributed by atoms with E-state index in [4.69, 9.17) is 4.74 Å². The first-order chi connectivity index (χ1) is 19.0. The summed E-state index contributed by atoms with van der Waals surface area (Å²) in [7, 11) is 0. The van der Waals surface area contributed by atoms with Crippen molar-refractivity contribution < 1.29 is 24.2 Å². The van der Waals surface area contributed by atoms with Crippen molar-refractivity contribution in [3.05, 3.63) is 60.2 Å². The van der Waals surface area contributed by atoms with Crippen LogP contribution in [0, 0.1) is 11.8 Å². The number of carbonyl (C=O) groups excluding carboxylic acids is 3. The molecule has 1 unspecified atom stereocenters. The van der Waals surface area contributed by atoms with Gasteiger partial charge < -0.3 is 19.6 Å². The summed E-state index contributed by atoms with van der Waals surface area (Å²) in [5, 5.41) is 10.4. The van der Waals surface area contributed by atoms with E-state index in [1.54, 1.807) is 16.7 Å². The summed E-state index contributed by atoms with van der Waals surface area (Å²) in [6.45, 7) is 0.578. The summed E-state index contributed by atoms with van der Waals surface area (Å²) in [6, 6.07) is 8.58. The molecule has 5 aliphatic rings. The Morgan fingerprint density at radius 1 is 1.03 bits per heavy atom. The maximum absolute atomic E-state index is 14.6. The molecule has 1 spiro atoms. The summed E-state index contributed by atoms with van der Waals surface area (Å²) in [5.74, 6) is -2.01. The monoisotopic (exact) mass is 550 g/mol. The number of rotatable bonds is 5. The molecule has 1 saturated carbocycles. The number of allylic oxidation sites excluding steroid dienone is 1. The van der Waals surface area contributed by atoms with Gasteiger partial charge in [-0.15, -0.1) is 11.8 Å². The van der Waals surface area contributed by atoms with Crippen LogP contribution in [0.15, 0.2) is 54.6 Å². The van der Waals surface area contributed by atoms with Gasteiger partial charge in [0.05, 0.1) is 35.8 Å². The Labute approximate surface area is 234 Å². The third-order valence-electron chi connectivity index (χ3n) is 9.25. The van der Waals surface area contributed by atoms with Gasteiger partial charge in [0.15, 0.2) is 0 Å². The third-order valence-corrected chi connectivity index (χ3v) is 11.0. The third kappa shape index (κ3) is 4.63. The van der Waals surface area contributed by atoms with Gasteiger partial charge in [0, 0.05) is 17.8 Å². The van der Waals surface area contributed by atoms with Gasteiger partial charge in [0.1, 0.15) is 6.04 Å². The molecule has 3 fully saturated rings. The summed E-state index contributed by atoms with van der Waals surface area (Å²) in [6.07, 6.45) is 15.6. The highest BCUT2D eigenvalue weighted by Gasteiger charge is 2.71. The van der Waals surface area contributed by atoms with Crippen LogP contribution in [0.3, 0.4) is 0 Å². The van der Waals surface area contributed by atoms with Crippen molar-refractivity contribution in [2.24, 2.45) is 11.8 Å². The van der Waals surface area contributed by atoms with Gasteiger partial charge in [0.25, 0.3) is 0 Å². The van der Waals surface area contributed by atoms with Crippen molar-refractivity contribution in [2.45, 2.75) is 79.5 Å². The lowest BCUT2D eigenvalue weighted by molar-refractivity contribution is -0.153. The van der Waals surface area contributed by atoms with Gasteiger partial charge in [-0.25, -0.2) is 0 Å². The predicted octanol–water partition coefficient (Wildman–Crippen LogP) is 3.51. The van der Waals surface area contributed by atoms with Crippen LogP contribution >= 0.6 is 11.8 Å². The van der Waals surface area contributed by atoms with E-state index in [0.717, 1.165) is 44.1 Å². The zero-order valence-corrected chi connectivity index (χ0v) is 23.1. The molecule has 2 saturated heterocycles. The van der Waals surface area contributed by atoms with E-state index in [0.29, 0.717) is 19.6 Å². The average molecular weight is 551 g/mol. The maximum Gasteiger partial charge on any atom is 0.311 e. The zero-order chi connectivity index (χ0) is 27.0. The number of hydrogen-bond donors (Lipinski definition) is 1. The van der Waals surface area contributed by atoms with Crippen molar-refractivity contribution >= 4 is 29.5 Å². The molecule has 208 valence electrons. The molecule has 1 N–H and O–H groups in total. The first-order valence-electron chi connectivity index (χ1n) is 14.5. The van der Waals surface area contributed by atoms with Crippen LogP contribution in [-0.2, 0) is 25.5 Å². The second-order valence-corrected chi connectivity index (χ2v) is 13.0. The number of aliphatic hydroxyl groups is 1. The number of benzene rings is 1. The molecule has 6 atom stereocenters. The Morgan fingerprint density at radius 3 is 2.59 bits per heavy atom. The van der Waals surface area contributed by atoms with Crippen molar-refractivity contribution in [1.82, 2.24) is 9.80 Å². The Hall–Kier alpha value is -2.58. The van der Waals surface area contributed by atoms with E-state index in [1.807, 2.05) is 35.2 Å². The predicted molar refractivity (Wildman–Crippen MR) is 150 cm³/mol. The fraction of sp³-hybridized carbons (Fsp3) is 0.581. The number of thioether (sulfide) groups is 1. The molecule has 6 rings (SSSR count). The van der Waals surface area contributed by atoms with E-state index in [1.165, 1.54) is 6.42 Å². The molecule has 39 heavy (non-hydrogen) atoms. The lowest BCUT2D eigenvalue weighted by Crippen LogP contribution is -2.58. The number of ether oxygens (including phenoxy) is 1. The molecule has 7 nitrogen and oxygen atoms in total. The number of carbonyl (C=O) groups is 3. The summed E-state index contributed by atoms with van der Waals surface area (Å²) in [5.41, 5.74) is 0.992. The normalized spacial score (nSPS) is 34.7. The first kappa shape index (κ1) is 26.6. The van der Waals surface area contributed by atoms with Crippen LogP contribution in [0.4, 0.5) is 0 Å². The molecule has 1 aromatic carbocycles. The van der Waals surface area contributed by atoms with Crippen LogP contribution in [-0.4, -0.2) is 80.6 Å². The molecule has 0 radical (unpaired) electrons. The smallest absolute Gasteiger partial charge is 0.311 e. The minimum absolute atomic E-state index is 0.0504. The van der Waals surface area contributed by atoms with Crippen molar-refractivity contribution in [2.75, 3.05) is 19.8 Å². The molecule has 1 aromatic rings. The largest absolute Gasteiger partial charge is 0.465 e. The van der Waals surface area contributed by atoms with Crippen LogP contribution < -0.4 is 0 Å². The quantitative estimate of drug-likeness (QED) is 0.446. The lowest BCUT2D eigenvalue weighted by Gasteiger charge is -2.41. The molecule has 8 heteroatoms. The van der Waals surface area contributed by atoms with Crippen molar-refractivity contribution in [1.29, 1.82) is 0 Å². The molecule has 0 bridgehead atoms. The fourth-order valence-electron chi connectivity index (χ4n) is 7.46. The van der Waals surface area contributed by atoms with E-state index >= 15 is 0 Å². The molecule has 4 aliphatic heterocycles. The minimum Gasteiger partial charge on any atom is -0.465 e. The highest BCUT2D eigenvalue weighted by molar-refractivity contribution is 8.02. The Bertz CT molecular complexity index is 1150. The molecular weight excluding hydrogens is 512 g/mol. The summed E-state index contributed by atoms with van der Waals surface area (Å²) >= 11 is 1.57. The van der Waals surface area contributed by atoms with E-state index in [9.17, 15) is 19.5 Å². The Morgan fingerprint density at radius 2 is 1.82 bits per heavy atom. The number of nitrogens with zero attached hydrogens (tertiary/aromatic N) is 2. The lowest BCUT2D eigenvalue weighted by atomic mass is 9.78. The first-order valence-corrected chi connectivity index (χ1v) is 15.4. The molecule has 4 heterocycles. The van der Waals surface area contributed by atoms with Gasteiger partial charge in [0.2, 0.25) is 11.8 Å². The number of aliphatic hydroxyl groups excluding tert-OH is 1. The summed E-state index contributed by atoms with van der Waals surface area (Å²) in [4.78, 5) is 46.3. The molecule has 1 aliphatic carbocycles. The Balaban J connectivity index is 1.44.